The molecule has 0 bridgehead atoms. The molecule has 0 aromatic carbocycles. The first kappa shape index (κ1) is 28.4. The van der Waals surface area contributed by atoms with Crippen LogP contribution in [0.25, 0.3) is 0 Å². The summed E-state index contributed by atoms with van der Waals surface area (Å²) in [4.78, 5) is 18.0. The summed E-state index contributed by atoms with van der Waals surface area (Å²) in [5, 5.41) is 24.7. The van der Waals surface area contributed by atoms with Crippen molar-refractivity contribution in [2.24, 2.45) is 46.3 Å². The minimum Gasteiger partial charge on any atom is -0.393 e. The summed E-state index contributed by atoms with van der Waals surface area (Å²) in [5.74, 6) is 3.92. The summed E-state index contributed by atoms with van der Waals surface area (Å²) < 4.78 is 0. The van der Waals surface area contributed by atoms with Gasteiger partial charge in [-0.15, -0.1) is 0 Å². The van der Waals surface area contributed by atoms with Crippen molar-refractivity contribution in [3.63, 3.8) is 0 Å². The summed E-state index contributed by atoms with van der Waals surface area (Å²) in [5.41, 5.74) is 0.281. The highest BCUT2D eigenvalue weighted by molar-refractivity contribution is 5.76. The lowest BCUT2D eigenvalue weighted by Gasteiger charge is -2.62. The molecule has 222 valence electrons. The Labute approximate surface area is 237 Å². The van der Waals surface area contributed by atoms with Crippen molar-refractivity contribution in [2.75, 3.05) is 32.7 Å². The average molecular weight is 545 g/mol. The van der Waals surface area contributed by atoms with Crippen LogP contribution in [0, 0.1) is 46.3 Å². The number of aliphatic hydroxyl groups is 2. The molecule has 2 saturated heterocycles. The largest absolute Gasteiger partial charge is 0.393 e. The van der Waals surface area contributed by atoms with Crippen LogP contribution in [0.4, 0.5) is 0 Å². The molecule has 6 rings (SSSR count). The maximum absolute atomic E-state index is 13.2. The Balaban J connectivity index is 1.04. The molecule has 4 saturated carbocycles. The first-order valence-corrected chi connectivity index (χ1v) is 16.9. The Morgan fingerprint density at radius 3 is 2.49 bits per heavy atom. The number of carbonyl (C=O) groups is 1. The predicted octanol–water partition coefficient (Wildman–Crippen LogP) is 3.61. The number of hydrogen-bond acceptors (Lipinski definition) is 4. The van der Waals surface area contributed by atoms with Crippen LogP contribution >= 0.6 is 0 Å². The van der Waals surface area contributed by atoms with E-state index in [0.717, 1.165) is 64.2 Å². The van der Waals surface area contributed by atoms with Gasteiger partial charge in [0.2, 0.25) is 5.91 Å². The summed E-state index contributed by atoms with van der Waals surface area (Å²) in [6.07, 6.45) is 14.9. The predicted molar refractivity (Wildman–Crippen MR) is 154 cm³/mol. The quantitative estimate of drug-likeness (QED) is 0.494. The zero-order valence-electron chi connectivity index (χ0n) is 25.2. The number of nitrogens with two attached hydrogens (primary N) is 1. The minimum atomic E-state index is -0.235. The molecule has 4 aliphatic carbocycles. The molecular formula is C33H58N3O3+. The maximum Gasteiger partial charge on any atom is 0.222 e. The second-order valence-electron chi connectivity index (χ2n) is 15.4. The molecule has 0 spiro atoms. The van der Waals surface area contributed by atoms with Crippen LogP contribution in [0.1, 0.15) is 104 Å². The van der Waals surface area contributed by atoms with E-state index in [2.05, 4.69) is 35.9 Å². The van der Waals surface area contributed by atoms with Gasteiger partial charge < -0.3 is 20.4 Å². The number of quaternary nitrogens is 1. The maximum atomic E-state index is 13.2. The van der Waals surface area contributed by atoms with Crippen molar-refractivity contribution in [2.45, 2.75) is 123 Å². The number of nitrogens with zero attached hydrogens (tertiary/aromatic N) is 2. The van der Waals surface area contributed by atoms with Gasteiger partial charge >= 0.3 is 0 Å². The summed E-state index contributed by atoms with van der Waals surface area (Å²) in [6.45, 7) is 12.4. The van der Waals surface area contributed by atoms with Crippen LogP contribution in [0.15, 0.2) is 0 Å². The molecule has 0 radical (unpaired) electrons. The number of amides is 1. The van der Waals surface area contributed by atoms with E-state index in [-0.39, 0.29) is 17.6 Å². The van der Waals surface area contributed by atoms with E-state index < -0.39 is 0 Å². The van der Waals surface area contributed by atoms with Crippen molar-refractivity contribution in [1.29, 1.82) is 0 Å². The van der Waals surface area contributed by atoms with Gasteiger partial charge in [0, 0.05) is 39.0 Å². The van der Waals surface area contributed by atoms with Crippen LogP contribution in [0.5, 0.6) is 0 Å². The number of fused-ring (bicyclic) bond motifs is 5. The fourth-order valence-corrected chi connectivity index (χ4v) is 11.4. The molecule has 0 aromatic rings. The lowest BCUT2D eigenvalue weighted by Crippen LogP contribution is -2.95. The fourth-order valence-electron chi connectivity index (χ4n) is 11.4. The zero-order chi connectivity index (χ0) is 27.4. The lowest BCUT2D eigenvalue weighted by molar-refractivity contribution is -0.717. The highest BCUT2D eigenvalue weighted by Crippen LogP contribution is 2.68. The number of piperidine rings is 1. The van der Waals surface area contributed by atoms with Gasteiger partial charge in [0.1, 0.15) is 6.17 Å². The number of aliphatic hydroxyl groups excluding tert-OH is 2. The van der Waals surface area contributed by atoms with E-state index in [0.29, 0.717) is 53.5 Å². The van der Waals surface area contributed by atoms with Crippen molar-refractivity contribution in [1.82, 2.24) is 9.80 Å². The van der Waals surface area contributed by atoms with E-state index in [1.165, 1.54) is 51.5 Å². The highest BCUT2D eigenvalue weighted by atomic mass is 16.3. The van der Waals surface area contributed by atoms with Crippen LogP contribution in [-0.2, 0) is 4.79 Å². The van der Waals surface area contributed by atoms with E-state index in [9.17, 15) is 15.0 Å². The van der Waals surface area contributed by atoms with Gasteiger partial charge in [0.05, 0.1) is 18.8 Å². The average Bonchev–Trinajstić information content (AvgIpc) is 3.32. The summed E-state index contributed by atoms with van der Waals surface area (Å²) in [7, 11) is 0. The Kier molecular flexibility index (Phi) is 8.16. The third kappa shape index (κ3) is 5.02. The molecule has 6 heteroatoms. The lowest BCUT2D eigenvalue weighted by atomic mass is 9.43. The van der Waals surface area contributed by atoms with Crippen molar-refractivity contribution in [3.8, 4) is 0 Å². The molecular weight excluding hydrogens is 486 g/mol. The summed E-state index contributed by atoms with van der Waals surface area (Å²) >= 11 is 0. The van der Waals surface area contributed by atoms with Crippen molar-refractivity contribution < 1.29 is 20.3 Å². The van der Waals surface area contributed by atoms with Gasteiger partial charge in [-0.05, 0) is 117 Å². The Hall–Kier alpha value is -0.690. The number of piperazine rings is 1. The molecule has 39 heavy (non-hydrogen) atoms. The molecule has 11 unspecified atom stereocenters. The van der Waals surface area contributed by atoms with Gasteiger partial charge in [-0.1, -0.05) is 20.8 Å². The Bertz CT molecular complexity index is 870. The molecule has 1 amide bonds. The van der Waals surface area contributed by atoms with Crippen LogP contribution in [0.3, 0.4) is 0 Å². The van der Waals surface area contributed by atoms with E-state index in [1.807, 2.05) is 0 Å². The molecule has 2 aliphatic heterocycles. The topological polar surface area (TPSA) is 80.6 Å². The molecule has 11 atom stereocenters. The molecule has 2 heterocycles. The SMILES string of the molecule is CC(CCC(=O)N1CCN(C2CCCC[NH2+]2)CC1)C1CCC2C3CCC4CC(O)CCC4(C)C3CC(O)C12C. The fraction of sp³-hybridized carbons (Fsp3) is 0.970. The van der Waals surface area contributed by atoms with Crippen LogP contribution in [-0.4, -0.2) is 77.0 Å². The normalized spacial score (nSPS) is 47.7. The molecule has 6 aliphatic rings. The third-order valence-electron chi connectivity index (χ3n) is 13.8. The number of carbonyl (C=O) groups excluding carboxylic acids is 1. The highest BCUT2D eigenvalue weighted by Gasteiger charge is 2.63. The van der Waals surface area contributed by atoms with Crippen LogP contribution < -0.4 is 5.32 Å². The van der Waals surface area contributed by atoms with Crippen LogP contribution in [0.2, 0.25) is 0 Å². The Morgan fingerprint density at radius 2 is 1.74 bits per heavy atom. The standard InChI is InChI=1S/C33H57N3O3/c1-22(7-12-31(39)36-18-16-35(17-19-36)30-6-4-5-15-34-30)26-10-11-27-25-9-8-23-20-24(37)13-14-32(23,2)28(25)21-29(38)33(26,27)3/h22-30,34,37-38H,4-21H2,1-3H3/p+1. The zero-order valence-corrected chi connectivity index (χ0v) is 25.2. The number of rotatable bonds is 5. The van der Waals surface area contributed by atoms with E-state index in [1.54, 1.807) is 0 Å². The van der Waals surface area contributed by atoms with Gasteiger partial charge in [0.25, 0.3) is 0 Å². The second-order valence-corrected chi connectivity index (χ2v) is 15.4. The summed E-state index contributed by atoms with van der Waals surface area (Å²) in [6, 6.07) is 0. The monoisotopic (exact) mass is 544 g/mol. The number of hydrogen-bond donors (Lipinski definition) is 3. The first-order chi connectivity index (χ1) is 18.7. The van der Waals surface area contributed by atoms with Gasteiger partial charge in [-0.3, -0.25) is 9.69 Å². The van der Waals surface area contributed by atoms with Crippen molar-refractivity contribution in [3.05, 3.63) is 0 Å². The molecule has 6 nitrogen and oxygen atoms in total. The van der Waals surface area contributed by atoms with E-state index >= 15 is 0 Å². The molecule has 4 N–H and O–H groups in total. The first-order valence-electron chi connectivity index (χ1n) is 16.9. The smallest absolute Gasteiger partial charge is 0.222 e. The van der Waals surface area contributed by atoms with Gasteiger partial charge in [-0.25, -0.2) is 0 Å². The van der Waals surface area contributed by atoms with Gasteiger partial charge in [0.15, 0.2) is 0 Å². The Morgan fingerprint density at radius 1 is 0.949 bits per heavy atom. The van der Waals surface area contributed by atoms with Gasteiger partial charge in [-0.2, -0.15) is 0 Å². The molecule has 6 fully saturated rings. The molecule has 0 aromatic heterocycles. The second kappa shape index (κ2) is 11.2. The van der Waals surface area contributed by atoms with Crippen molar-refractivity contribution >= 4 is 5.91 Å². The van der Waals surface area contributed by atoms with E-state index in [4.69, 9.17) is 0 Å². The third-order valence-corrected chi connectivity index (χ3v) is 13.8. The minimum absolute atomic E-state index is 0.0108.